The fourth-order valence-electron chi connectivity index (χ4n) is 4.28. The Bertz CT molecular complexity index is 920. The number of likely N-dealkylation sites (N-methyl/N-ethyl adjacent to an activating group) is 1. The molecule has 3 heterocycles. The van der Waals surface area contributed by atoms with Crippen molar-refractivity contribution in [3.8, 4) is 0 Å². The molecular weight excluding hydrogens is 383 g/mol. The van der Waals surface area contributed by atoms with E-state index in [4.69, 9.17) is 0 Å². The largest absolute Gasteiger partial charge is 0.352 e. The third-order valence-electron chi connectivity index (χ3n) is 5.74. The molecule has 1 aromatic carbocycles. The number of hydrogen-bond donors (Lipinski definition) is 2. The monoisotopic (exact) mass is 412 g/mol. The number of likely N-dealkylation sites (tertiary alicyclic amines) is 1. The number of halogens is 1. The number of nitrogens with zero attached hydrogens (tertiary/aromatic N) is 4. The lowest BCUT2D eigenvalue weighted by Gasteiger charge is -2.30. The Balaban J connectivity index is 1.45. The summed E-state index contributed by atoms with van der Waals surface area (Å²) >= 11 is 0. The molecule has 8 heteroatoms. The number of carbonyl (C=O) groups excluding carboxylic acids is 1. The third-order valence-corrected chi connectivity index (χ3v) is 5.74. The molecule has 2 amide bonds. The van der Waals surface area contributed by atoms with Gasteiger partial charge in [0.2, 0.25) is 5.95 Å². The molecule has 160 valence electrons. The highest BCUT2D eigenvalue weighted by atomic mass is 19.1. The molecule has 0 radical (unpaired) electrons. The summed E-state index contributed by atoms with van der Waals surface area (Å²) in [6, 6.07) is 6.76. The minimum absolute atomic E-state index is 0.0609. The van der Waals surface area contributed by atoms with Crippen molar-refractivity contribution in [1.29, 1.82) is 0 Å². The molecule has 2 atom stereocenters. The van der Waals surface area contributed by atoms with Crippen LogP contribution in [0, 0.1) is 5.82 Å². The van der Waals surface area contributed by atoms with Crippen LogP contribution in [0.3, 0.4) is 0 Å². The van der Waals surface area contributed by atoms with Crippen LogP contribution in [0.5, 0.6) is 0 Å². The van der Waals surface area contributed by atoms with Gasteiger partial charge in [0.15, 0.2) is 0 Å². The normalized spacial score (nSPS) is 21.6. The predicted octanol–water partition coefficient (Wildman–Crippen LogP) is 2.60. The van der Waals surface area contributed by atoms with Gasteiger partial charge in [-0.3, -0.25) is 0 Å². The first-order chi connectivity index (χ1) is 14.4. The van der Waals surface area contributed by atoms with Gasteiger partial charge in [-0.15, -0.1) is 0 Å². The number of urea groups is 1. The van der Waals surface area contributed by atoms with Gasteiger partial charge >= 0.3 is 6.03 Å². The predicted molar refractivity (Wildman–Crippen MR) is 114 cm³/mol. The van der Waals surface area contributed by atoms with Crippen molar-refractivity contribution in [1.82, 2.24) is 25.1 Å². The molecule has 1 aromatic heterocycles. The highest BCUT2D eigenvalue weighted by Crippen LogP contribution is 2.28. The Morgan fingerprint density at radius 1 is 1.30 bits per heavy atom. The molecule has 2 aromatic rings. The van der Waals surface area contributed by atoms with E-state index in [2.05, 4.69) is 25.5 Å². The van der Waals surface area contributed by atoms with E-state index < -0.39 is 0 Å². The summed E-state index contributed by atoms with van der Waals surface area (Å²) in [5, 5.41) is 6.40. The van der Waals surface area contributed by atoms with Gasteiger partial charge in [-0.05, 0) is 50.6 Å². The van der Waals surface area contributed by atoms with E-state index in [0.29, 0.717) is 19.0 Å². The number of amides is 2. The first kappa shape index (κ1) is 20.5. The first-order valence-corrected chi connectivity index (χ1v) is 10.5. The zero-order valence-corrected chi connectivity index (χ0v) is 17.7. The van der Waals surface area contributed by atoms with Crippen LogP contribution in [0.15, 0.2) is 30.5 Å². The molecule has 1 unspecified atom stereocenters. The van der Waals surface area contributed by atoms with E-state index in [0.717, 1.165) is 36.3 Å². The van der Waals surface area contributed by atoms with Gasteiger partial charge in [0.1, 0.15) is 5.82 Å². The topological polar surface area (TPSA) is 73.4 Å². The molecule has 4 rings (SSSR count). The Hall–Kier alpha value is -2.74. The van der Waals surface area contributed by atoms with E-state index in [1.807, 2.05) is 33.2 Å². The number of carbonyl (C=O) groups is 1. The lowest BCUT2D eigenvalue weighted by atomic mass is 9.94. The van der Waals surface area contributed by atoms with Gasteiger partial charge in [0.05, 0.1) is 18.3 Å². The number of aromatic nitrogens is 2. The molecule has 1 saturated heterocycles. The highest BCUT2D eigenvalue weighted by molar-refractivity contribution is 5.75. The van der Waals surface area contributed by atoms with Crippen molar-refractivity contribution in [2.75, 3.05) is 32.0 Å². The van der Waals surface area contributed by atoms with Crippen LogP contribution >= 0.6 is 0 Å². The molecule has 2 N–H and O–H groups in total. The quantitative estimate of drug-likeness (QED) is 0.808. The maximum absolute atomic E-state index is 13.7. The van der Waals surface area contributed by atoms with Crippen LogP contribution in [-0.4, -0.2) is 64.6 Å². The fraction of sp³-hybridized carbons (Fsp3) is 0.500. The maximum atomic E-state index is 13.7. The summed E-state index contributed by atoms with van der Waals surface area (Å²) in [6.07, 6.45) is 2.59. The number of nitrogens with one attached hydrogen (secondary N) is 2. The standard InChI is InChI=1S/C22H29FN6O/c1-14(2)25-21-24-10-16-7-8-29(13-19(16)26-21)22(30)27-20-12-28(3)11-18(20)15-5-4-6-17(23)9-15/h4-6,9-10,14,18,20H,7-8,11-13H2,1-3H3,(H,27,30)(H,24,25,26)/t18-,20?/m0/s1. The smallest absolute Gasteiger partial charge is 0.318 e. The zero-order chi connectivity index (χ0) is 21.3. The SMILES string of the molecule is CC(C)Nc1ncc2c(n1)CN(C(=O)NC1CN(C)C[C@H]1c1cccc(F)c1)CC2. The lowest BCUT2D eigenvalue weighted by molar-refractivity contribution is 0.186. The second kappa shape index (κ2) is 8.55. The van der Waals surface area contributed by atoms with E-state index in [9.17, 15) is 9.18 Å². The Kier molecular flexibility index (Phi) is 5.85. The summed E-state index contributed by atoms with van der Waals surface area (Å²) in [4.78, 5) is 26.0. The Labute approximate surface area is 176 Å². The number of fused-ring (bicyclic) bond motifs is 1. The summed E-state index contributed by atoms with van der Waals surface area (Å²) in [7, 11) is 2.02. The van der Waals surface area contributed by atoms with E-state index in [1.54, 1.807) is 17.0 Å². The second-order valence-electron chi connectivity index (χ2n) is 8.57. The van der Waals surface area contributed by atoms with Gasteiger partial charge in [-0.2, -0.15) is 0 Å². The molecule has 7 nitrogen and oxygen atoms in total. The van der Waals surface area contributed by atoms with Gasteiger partial charge in [-0.25, -0.2) is 19.2 Å². The molecular formula is C22H29FN6O. The van der Waals surface area contributed by atoms with Crippen LogP contribution < -0.4 is 10.6 Å². The van der Waals surface area contributed by atoms with Crippen molar-refractivity contribution >= 4 is 12.0 Å². The molecule has 0 aliphatic carbocycles. The van der Waals surface area contributed by atoms with Crippen LogP contribution in [0.2, 0.25) is 0 Å². The van der Waals surface area contributed by atoms with Gasteiger partial charge < -0.3 is 20.4 Å². The number of benzene rings is 1. The number of anilines is 1. The molecule has 2 aliphatic rings. The summed E-state index contributed by atoms with van der Waals surface area (Å²) in [5.74, 6) is 0.413. The summed E-state index contributed by atoms with van der Waals surface area (Å²) < 4.78 is 13.7. The van der Waals surface area contributed by atoms with Crippen molar-refractivity contribution in [2.45, 2.75) is 44.8 Å². The number of rotatable bonds is 4. The molecule has 0 bridgehead atoms. The molecule has 2 aliphatic heterocycles. The molecule has 1 fully saturated rings. The molecule has 0 spiro atoms. The van der Waals surface area contributed by atoms with Gasteiger partial charge in [-0.1, -0.05) is 12.1 Å². The van der Waals surface area contributed by atoms with E-state index >= 15 is 0 Å². The van der Waals surface area contributed by atoms with E-state index in [-0.39, 0.29) is 29.8 Å². The highest BCUT2D eigenvalue weighted by Gasteiger charge is 2.34. The van der Waals surface area contributed by atoms with Crippen molar-refractivity contribution in [2.24, 2.45) is 0 Å². The summed E-state index contributed by atoms with van der Waals surface area (Å²) in [5.41, 5.74) is 2.90. The van der Waals surface area contributed by atoms with Gasteiger partial charge in [0, 0.05) is 37.8 Å². The zero-order valence-electron chi connectivity index (χ0n) is 17.7. The maximum Gasteiger partial charge on any atom is 0.318 e. The van der Waals surface area contributed by atoms with Crippen LogP contribution in [-0.2, 0) is 13.0 Å². The minimum Gasteiger partial charge on any atom is -0.352 e. The average molecular weight is 413 g/mol. The fourth-order valence-corrected chi connectivity index (χ4v) is 4.28. The van der Waals surface area contributed by atoms with Crippen molar-refractivity contribution in [3.63, 3.8) is 0 Å². The van der Waals surface area contributed by atoms with Crippen molar-refractivity contribution < 1.29 is 9.18 Å². The van der Waals surface area contributed by atoms with Crippen LogP contribution in [0.4, 0.5) is 15.1 Å². The Morgan fingerprint density at radius 2 is 2.13 bits per heavy atom. The number of hydrogen-bond acceptors (Lipinski definition) is 5. The van der Waals surface area contributed by atoms with Crippen LogP contribution in [0.1, 0.15) is 36.6 Å². The average Bonchev–Trinajstić information content (AvgIpc) is 3.07. The Morgan fingerprint density at radius 3 is 2.90 bits per heavy atom. The second-order valence-corrected chi connectivity index (χ2v) is 8.57. The third kappa shape index (κ3) is 4.53. The van der Waals surface area contributed by atoms with Crippen molar-refractivity contribution in [3.05, 3.63) is 53.1 Å². The molecule has 0 saturated carbocycles. The first-order valence-electron chi connectivity index (χ1n) is 10.5. The van der Waals surface area contributed by atoms with Crippen LogP contribution in [0.25, 0.3) is 0 Å². The molecule has 30 heavy (non-hydrogen) atoms. The lowest BCUT2D eigenvalue weighted by Crippen LogP contribution is -2.49. The minimum atomic E-state index is -0.245. The van der Waals surface area contributed by atoms with Gasteiger partial charge in [0.25, 0.3) is 0 Å². The summed E-state index contributed by atoms with van der Waals surface area (Å²) in [6.45, 7) is 6.69. The van der Waals surface area contributed by atoms with E-state index in [1.165, 1.54) is 6.07 Å².